The van der Waals surface area contributed by atoms with Crippen molar-refractivity contribution in [2.45, 2.75) is 49.9 Å². The van der Waals surface area contributed by atoms with Gasteiger partial charge in [-0.3, -0.25) is 28.8 Å². The molecule has 0 saturated heterocycles. The Kier molecular flexibility index (Phi) is 11.9. The predicted octanol–water partition coefficient (Wildman–Crippen LogP) is -4.94. The molecule has 4 unspecified atom stereocenters. The van der Waals surface area contributed by atoms with E-state index in [4.69, 9.17) is 26.8 Å². The minimum atomic E-state index is -1.80. The minimum Gasteiger partial charge on any atom is -0.481 e. The number of carboxylic acid groups (broad SMARTS) is 3. The summed E-state index contributed by atoms with van der Waals surface area (Å²) in [7, 11) is 0. The van der Waals surface area contributed by atoms with E-state index in [9.17, 15) is 38.7 Å². The Labute approximate surface area is 180 Å². The largest absolute Gasteiger partial charge is 0.481 e. The Morgan fingerprint density at radius 3 is 1.62 bits per heavy atom. The fourth-order valence-corrected chi connectivity index (χ4v) is 2.23. The Balaban J connectivity index is 5.27. The predicted molar refractivity (Wildman–Crippen MR) is 101 cm³/mol. The maximum atomic E-state index is 12.4. The molecule has 0 rings (SSSR count). The number of carbonyl (C=O) groups excluding carboxylic acids is 4. The third-order valence-electron chi connectivity index (χ3n) is 3.85. The van der Waals surface area contributed by atoms with Crippen LogP contribution in [0.4, 0.5) is 0 Å². The summed E-state index contributed by atoms with van der Waals surface area (Å²) < 4.78 is 0. The summed E-state index contributed by atoms with van der Waals surface area (Å²) in [5.41, 5.74) is 10.3. The number of nitrogens with two attached hydrogens (primary N) is 2. The smallest absolute Gasteiger partial charge is 0.326 e. The lowest BCUT2D eigenvalue weighted by atomic mass is 10.1. The Morgan fingerprint density at radius 1 is 0.719 bits per heavy atom. The van der Waals surface area contributed by atoms with E-state index in [-0.39, 0.29) is 12.8 Å². The van der Waals surface area contributed by atoms with E-state index in [1.54, 1.807) is 0 Å². The highest BCUT2D eigenvalue weighted by molar-refractivity contribution is 5.96. The van der Waals surface area contributed by atoms with Gasteiger partial charge in [0.1, 0.15) is 18.1 Å². The van der Waals surface area contributed by atoms with Crippen LogP contribution in [0, 0.1) is 0 Å². The third-order valence-corrected chi connectivity index (χ3v) is 3.85. The molecule has 0 heterocycles. The lowest BCUT2D eigenvalue weighted by molar-refractivity contribution is -0.144. The second-order valence-electron chi connectivity index (χ2n) is 6.51. The molecule has 0 bridgehead atoms. The van der Waals surface area contributed by atoms with Gasteiger partial charge < -0.3 is 47.8 Å². The van der Waals surface area contributed by atoms with E-state index in [1.165, 1.54) is 0 Å². The number of rotatable bonds is 15. The number of carboxylic acids is 3. The summed E-state index contributed by atoms with van der Waals surface area (Å²) in [5.74, 6) is -8.90. The number of amides is 4. The van der Waals surface area contributed by atoms with Gasteiger partial charge in [0.25, 0.3) is 0 Å². The average Bonchev–Trinajstić information content (AvgIpc) is 2.66. The van der Waals surface area contributed by atoms with E-state index < -0.39 is 85.2 Å². The normalized spacial score (nSPS) is 14.2. The van der Waals surface area contributed by atoms with Gasteiger partial charge in [0, 0.05) is 6.42 Å². The number of nitrogens with one attached hydrogen (secondary N) is 3. The molecule has 16 nitrogen and oxygen atoms in total. The van der Waals surface area contributed by atoms with Crippen LogP contribution in [-0.4, -0.2) is 92.7 Å². The molecule has 16 heteroatoms. The highest BCUT2D eigenvalue weighted by Crippen LogP contribution is 2.01. The van der Waals surface area contributed by atoms with Crippen LogP contribution < -0.4 is 27.4 Å². The van der Waals surface area contributed by atoms with Crippen molar-refractivity contribution in [3.63, 3.8) is 0 Å². The van der Waals surface area contributed by atoms with Gasteiger partial charge in [-0.05, 0) is 6.42 Å². The molecule has 180 valence electrons. The molecule has 0 aliphatic rings. The first-order valence-electron chi connectivity index (χ1n) is 9.00. The van der Waals surface area contributed by atoms with Crippen molar-refractivity contribution in [1.29, 1.82) is 0 Å². The summed E-state index contributed by atoms with van der Waals surface area (Å²) in [6, 6.07) is -6.73. The van der Waals surface area contributed by atoms with E-state index in [0.29, 0.717) is 0 Å². The summed E-state index contributed by atoms with van der Waals surface area (Å²) >= 11 is 0. The fraction of sp³-hybridized carbons (Fsp3) is 0.562. The van der Waals surface area contributed by atoms with E-state index in [1.807, 2.05) is 16.0 Å². The molecule has 0 aromatic heterocycles. The molecule has 0 aliphatic heterocycles. The zero-order valence-corrected chi connectivity index (χ0v) is 16.6. The van der Waals surface area contributed by atoms with Crippen LogP contribution in [0.15, 0.2) is 0 Å². The number of aliphatic carboxylic acids is 3. The first kappa shape index (κ1) is 28.2. The summed E-state index contributed by atoms with van der Waals surface area (Å²) in [5, 5.41) is 41.9. The molecule has 0 saturated carbocycles. The van der Waals surface area contributed by atoms with Crippen molar-refractivity contribution in [3.05, 3.63) is 0 Å². The van der Waals surface area contributed by atoms with Crippen molar-refractivity contribution >= 4 is 41.5 Å². The molecule has 0 aromatic rings. The zero-order chi connectivity index (χ0) is 25.0. The average molecular weight is 463 g/mol. The highest BCUT2D eigenvalue weighted by Gasteiger charge is 2.31. The molecule has 4 amide bonds. The second kappa shape index (κ2) is 13.5. The standard InChI is InChI=1S/C16H25N5O11/c17-6(3-11(24)25)13(28)20-8(4-12(26)27)14(29)21-9(5-22)15(30)19-7(16(31)32)1-2-10(18)23/h6-9,22H,1-5,17H2,(H2,18,23)(H,19,30)(H,20,28)(H,21,29)(H,24,25)(H,26,27)(H,31,32). The van der Waals surface area contributed by atoms with Gasteiger partial charge in [-0.25, -0.2) is 4.79 Å². The molecule has 0 aliphatic carbocycles. The van der Waals surface area contributed by atoms with Crippen molar-refractivity contribution in [1.82, 2.24) is 16.0 Å². The van der Waals surface area contributed by atoms with Crippen molar-refractivity contribution < 1.29 is 54.0 Å². The maximum absolute atomic E-state index is 12.4. The molecule has 11 N–H and O–H groups in total. The number of aliphatic hydroxyl groups is 1. The van der Waals surface area contributed by atoms with Crippen LogP contribution in [0.25, 0.3) is 0 Å². The number of hydrogen-bond donors (Lipinski definition) is 9. The fourth-order valence-electron chi connectivity index (χ4n) is 2.23. The second-order valence-corrected chi connectivity index (χ2v) is 6.51. The van der Waals surface area contributed by atoms with Crippen LogP contribution in [-0.2, 0) is 33.6 Å². The van der Waals surface area contributed by atoms with Gasteiger partial charge >= 0.3 is 17.9 Å². The number of primary amides is 1. The lowest BCUT2D eigenvalue weighted by Gasteiger charge is -2.23. The molecule has 0 spiro atoms. The number of carbonyl (C=O) groups is 7. The highest BCUT2D eigenvalue weighted by atomic mass is 16.4. The van der Waals surface area contributed by atoms with Crippen LogP contribution in [0.2, 0.25) is 0 Å². The van der Waals surface area contributed by atoms with Gasteiger partial charge in [0.2, 0.25) is 23.6 Å². The Hall–Kier alpha value is -3.79. The van der Waals surface area contributed by atoms with Gasteiger partial charge in [0.05, 0.1) is 25.5 Å². The van der Waals surface area contributed by atoms with Crippen molar-refractivity contribution in [2.24, 2.45) is 11.5 Å². The Bertz CT molecular complexity index is 757. The van der Waals surface area contributed by atoms with Crippen LogP contribution in [0.1, 0.15) is 25.7 Å². The van der Waals surface area contributed by atoms with Gasteiger partial charge in [-0.1, -0.05) is 0 Å². The maximum Gasteiger partial charge on any atom is 0.326 e. The molecule has 0 aromatic carbocycles. The molecule has 0 fully saturated rings. The molecule has 0 radical (unpaired) electrons. The summed E-state index contributed by atoms with van der Waals surface area (Å²) in [6.45, 7) is -1.04. The topological polar surface area (TPSA) is 289 Å². The number of hydrogen-bond acceptors (Lipinski definition) is 9. The molecule has 32 heavy (non-hydrogen) atoms. The van der Waals surface area contributed by atoms with Gasteiger partial charge in [-0.2, -0.15) is 0 Å². The Morgan fingerprint density at radius 2 is 1.19 bits per heavy atom. The van der Waals surface area contributed by atoms with Crippen molar-refractivity contribution in [3.8, 4) is 0 Å². The third kappa shape index (κ3) is 10.8. The molecule has 4 atom stereocenters. The van der Waals surface area contributed by atoms with E-state index in [0.717, 1.165) is 0 Å². The van der Waals surface area contributed by atoms with E-state index >= 15 is 0 Å². The van der Waals surface area contributed by atoms with Gasteiger partial charge in [0.15, 0.2) is 0 Å². The number of aliphatic hydroxyl groups excluding tert-OH is 1. The first-order valence-corrected chi connectivity index (χ1v) is 9.00. The first-order chi connectivity index (χ1) is 14.8. The van der Waals surface area contributed by atoms with Crippen LogP contribution in [0.5, 0.6) is 0 Å². The SMILES string of the molecule is NC(=O)CCC(NC(=O)C(CO)NC(=O)C(CC(=O)O)NC(=O)C(N)CC(=O)O)C(=O)O. The van der Waals surface area contributed by atoms with Gasteiger partial charge in [-0.15, -0.1) is 0 Å². The monoisotopic (exact) mass is 463 g/mol. The molecular formula is C16H25N5O11. The van der Waals surface area contributed by atoms with E-state index in [2.05, 4.69) is 0 Å². The lowest BCUT2D eigenvalue weighted by Crippen LogP contribution is -2.58. The molecular weight excluding hydrogens is 438 g/mol. The van der Waals surface area contributed by atoms with Crippen molar-refractivity contribution in [2.75, 3.05) is 6.61 Å². The quantitative estimate of drug-likeness (QED) is 0.110. The zero-order valence-electron chi connectivity index (χ0n) is 16.6. The summed E-state index contributed by atoms with van der Waals surface area (Å²) in [6.07, 6.45) is -2.54. The van der Waals surface area contributed by atoms with Crippen LogP contribution in [0.3, 0.4) is 0 Å². The van der Waals surface area contributed by atoms with Crippen LogP contribution >= 0.6 is 0 Å². The minimum absolute atomic E-state index is 0.373. The summed E-state index contributed by atoms with van der Waals surface area (Å²) in [4.78, 5) is 80.1.